The summed E-state index contributed by atoms with van der Waals surface area (Å²) in [5, 5.41) is 24.3. The highest BCUT2D eigenvalue weighted by Crippen LogP contribution is 2.42. The number of nitrogen functional groups attached to an aromatic ring is 2. The smallest absolute Gasteiger partial charge is 0.211 e. The Morgan fingerprint density at radius 3 is 2.73 bits per heavy atom. The van der Waals surface area contributed by atoms with Gasteiger partial charge in [-0.15, -0.1) is 0 Å². The van der Waals surface area contributed by atoms with Gasteiger partial charge in [-0.25, -0.2) is 9.98 Å². The minimum atomic E-state index is -0.533. The summed E-state index contributed by atoms with van der Waals surface area (Å²) in [4.78, 5) is 11.6. The molecule has 6 N–H and O–H groups in total. The van der Waals surface area contributed by atoms with Crippen molar-refractivity contribution in [1.29, 1.82) is 10.5 Å². The Morgan fingerprint density at radius 2 is 2.03 bits per heavy atom. The van der Waals surface area contributed by atoms with Gasteiger partial charge in [-0.3, -0.25) is 10.2 Å². The number of nitrogens with one attached hydrogen (secondary N) is 2. The minimum Gasteiger partial charge on any atom is -0.397 e. The van der Waals surface area contributed by atoms with Crippen LogP contribution in [-0.2, 0) is 6.54 Å². The van der Waals surface area contributed by atoms with Gasteiger partial charge in [-0.2, -0.15) is 10.5 Å². The average Bonchev–Trinajstić information content (AvgIpc) is 2.77. The van der Waals surface area contributed by atoms with Crippen LogP contribution in [0.15, 0.2) is 17.1 Å². The summed E-state index contributed by atoms with van der Waals surface area (Å²) >= 11 is 0. The maximum Gasteiger partial charge on any atom is 0.211 e. The fourth-order valence-corrected chi connectivity index (χ4v) is 4.83. The van der Waals surface area contributed by atoms with E-state index in [0.29, 0.717) is 17.4 Å². The van der Waals surface area contributed by atoms with E-state index < -0.39 is 6.04 Å². The van der Waals surface area contributed by atoms with E-state index in [-0.39, 0.29) is 23.0 Å². The third-order valence-corrected chi connectivity index (χ3v) is 6.67. The Balaban J connectivity index is 1.85. The molecule has 33 heavy (non-hydrogen) atoms. The number of benzene rings is 1. The molecule has 2 unspecified atom stereocenters. The Labute approximate surface area is 194 Å². The molecule has 1 aromatic heterocycles. The molecular formula is C24H29N9. The first-order valence-electron chi connectivity index (χ1n) is 11.2. The van der Waals surface area contributed by atoms with Crippen LogP contribution in [0.25, 0.3) is 0 Å². The largest absolute Gasteiger partial charge is 0.397 e. The van der Waals surface area contributed by atoms with E-state index in [4.69, 9.17) is 21.7 Å². The molecule has 0 aliphatic carbocycles. The number of fused-ring (bicyclic) bond motifs is 1. The summed E-state index contributed by atoms with van der Waals surface area (Å²) in [6.45, 7) is 8.41. The van der Waals surface area contributed by atoms with Crippen LogP contribution in [-0.4, -0.2) is 28.4 Å². The fraction of sp³-hybridized carbons (Fsp3) is 0.417. The lowest BCUT2D eigenvalue weighted by Crippen LogP contribution is -2.37. The Kier molecular flexibility index (Phi) is 6.08. The molecule has 0 saturated carbocycles. The summed E-state index contributed by atoms with van der Waals surface area (Å²) in [5.74, 6) is 0.700. The number of nitriles is 2. The third kappa shape index (κ3) is 4.15. The van der Waals surface area contributed by atoms with Gasteiger partial charge in [-0.05, 0) is 56.8 Å². The van der Waals surface area contributed by atoms with Gasteiger partial charge in [-0.1, -0.05) is 24.1 Å². The van der Waals surface area contributed by atoms with Crippen LogP contribution in [0.3, 0.4) is 0 Å². The molecule has 1 fully saturated rings. The number of hydrogen-bond donors (Lipinski definition) is 4. The average molecular weight is 444 g/mol. The summed E-state index contributed by atoms with van der Waals surface area (Å²) in [5.41, 5.74) is 17.8. The van der Waals surface area contributed by atoms with E-state index in [1.165, 1.54) is 24.8 Å². The highest BCUT2D eigenvalue weighted by Gasteiger charge is 2.31. The number of aromatic nitrogens is 1. The molecule has 9 nitrogen and oxygen atoms in total. The predicted octanol–water partition coefficient (Wildman–Crippen LogP) is 3.05. The van der Waals surface area contributed by atoms with Crippen molar-refractivity contribution in [2.75, 3.05) is 23.3 Å². The number of nitrogens with two attached hydrogens (primary N) is 2. The lowest BCUT2D eigenvalue weighted by Gasteiger charge is -2.34. The Morgan fingerprint density at radius 1 is 1.24 bits per heavy atom. The first kappa shape index (κ1) is 22.4. The number of aliphatic imine (C=N–C) groups is 1. The zero-order chi connectivity index (χ0) is 23.7. The number of hydrogen-bond acceptors (Lipinski definition) is 9. The van der Waals surface area contributed by atoms with E-state index >= 15 is 0 Å². The molecule has 4 rings (SSSR count). The Hall–Kier alpha value is -3.82. The first-order valence-corrected chi connectivity index (χ1v) is 11.2. The van der Waals surface area contributed by atoms with E-state index in [0.717, 1.165) is 29.8 Å². The molecule has 2 atom stereocenters. The van der Waals surface area contributed by atoms with E-state index in [2.05, 4.69) is 59.5 Å². The van der Waals surface area contributed by atoms with Crippen molar-refractivity contribution < 1.29 is 0 Å². The van der Waals surface area contributed by atoms with Crippen molar-refractivity contribution in [1.82, 2.24) is 15.2 Å². The molecule has 170 valence electrons. The van der Waals surface area contributed by atoms with Crippen molar-refractivity contribution >= 4 is 23.3 Å². The number of piperidine rings is 1. The number of nitrogens with zero attached hydrogens (tertiary/aromatic N) is 5. The number of rotatable bonds is 3. The molecule has 9 heteroatoms. The molecule has 2 aromatic rings. The predicted molar refractivity (Wildman–Crippen MR) is 129 cm³/mol. The maximum absolute atomic E-state index is 9.58. The van der Waals surface area contributed by atoms with Gasteiger partial charge in [0.05, 0.1) is 5.69 Å². The van der Waals surface area contributed by atoms with Crippen molar-refractivity contribution in [3.63, 3.8) is 0 Å². The van der Waals surface area contributed by atoms with Gasteiger partial charge in [0.1, 0.15) is 29.3 Å². The highest BCUT2D eigenvalue weighted by molar-refractivity contribution is 5.98. The first-order chi connectivity index (χ1) is 15.8. The number of pyridine rings is 1. The van der Waals surface area contributed by atoms with Gasteiger partial charge >= 0.3 is 0 Å². The molecule has 0 amide bonds. The van der Waals surface area contributed by atoms with Crippen molar-refractivity contribution in [2.45, 2.75) is 58.7 Å². The van der Waals surface area contributed by atoms with Crippen LogP contribution in [0.5, 0.6) is 0 Å². The fourth-order valence-electron chi connectivity index (χ4n) is 4.83. The van der Waals surface area contributed by atoms with Crippen LogP contribution in [0.4, 0.5) is 17.3 Å². The summed E-state index contributed by atoms with van der Waals surface area (Å²) in [7, 11) is 0. The number of guanidine groups is 1. The molecule has 2 aliphatic heterocycles. The van der Waals surface area contributed by atoms with E-state index in [1.54, 1.807) is 0 Å². The normalized spacial score (nSPS) is 20.1. The zero-order valence-corrected chi connectivity index (χ0v) is 19.2. The number of aryl methyl sites for hydroxylation is 1. The van der Waals surface area contributed by atoms with Gasteiger partial charge in [0.2, 0.25) is 5.96 Å². The van der Waals surface area contributed by atoms with E-state index in [1.807, 2.05) is 6.19 Å². The molecule has 1 saturated heterocycles. The van der Waals surface area contributed by atoms with Gasteiger partial charge in [0, 0.05) is 18.2 Å². The monoisotopic (exact) mass is 443 g/mol. The lowest BCUT2D eigenvalue weighted by molar-refractivity contribution is 0.152. The number of anilines is 3. The molecule has 3 heterocycles. The van der Waals surface area contributed by atoms with Crippen molar-refractivity contribution in [2.24, 2.45) is 4.99 Å². The van der Waals surface area contributed by atoms with Crippen LogP contribution in [0.2, 0.25) is 0 Å². The van der Waals surface area contributed by atoms with Crippen LogP contribution >= 0.6 is 0 Å². The topological polar surface area (TPSA) is 152 Å². The number of likely N-dealkylation sites (tertiary alicyclic amines) is 1. The third-order valence-electron chi connectivity index (χ3n) is 6.67. The second kappa shape index (κ2) is 8.97. The highest BCUT2D eigenvalue weighted by atomic mass is 15.2. The summed E-state index contributed by atoms with van der Waals surface area (Å²) < 4.78 is 0. The SMILES string of the molecule is Cc1cc(CN2CCCCC2C)c(C)c(C2N=C(NC#N)Nc3nc(N)c(C#N)c(N)c32)c1. The summed E-state index contributed by atoms with van der Waals surface area (Å²) in [6.07, 6.45) is 5.61. The summed E-state index contributed by atoms with van der Waals surface area (Å²) in [6, 6.07) is 6.39. The van der Waals surface area contributed by atoms with Gasteiger partial charge in [0.15, 0.2) is 6.19 Å². The second-order valence-electron chi connectivity index (χ2n) is 8.86. The Bertz CT molecular complexity index is 1200. The van der Waals surface area contributed by atoms with Crippen LogP contribution < -0.4 is 22.1 Å². The molecule has 0 radical (unpaired) electrons. The maximum atomic E-state index is 9.58. The molecular weight excluding hydrogens is 414 g/mol. The lowest BCUT2D eigenvalue weighted by atomic mass is 9.88. The second-order valence-corrected chi connectivity index (χ2v) is 8.86. The molecule has 0 spiro atoms. The molecule has 2 aliphatic rings. The minimum absolute atomic E-state index is 0.0407. The van der Waals surface area contributed by atoms with Crippen molar-refractivity contribution in [3.8, 4) is 12.3 Å². The van der Waals surface area contributed by atoms with Crippen LogP contribution in [0, 0.1) is 36.6 Å². The van der Waals surface area contributed by atoms with Crippen molar-refractivity contribution in [3.05, 3.63) is 45.5 Å². The van der Waals surface area contributed by atoms with Gasteiger partial charge < -0.3 is 16.8 Å². The quantitative estimate of drug-likeness (QED) is 0.417. The standard InChI is InChI=1S/C24H29N9/c1-13-8-16(11-33-7-5-4-6-14(33)2)15(3)17(9-13)21-19-20(27)18(10-25)22(28)31-23(19)32-24(30-21)29-12-26/h8-9,14,21H,4-7,11H2,1-3H3,(H6,27,28,29,30,31,32). The molecule has 0 bridgehead atoms. The van der Waals surface area contributed by atoms with Crippen LogP contribution in [0.1, 0.15) is 65.6 Å². The molecule has 1 aromatic carbocycles. The zero-order valence-electron chi connectivity index (χ0n) is 19.2. The van der Waals surface area contributed by atoms with E-state index in [9.17, 15) is 5.26 Å². The van der Waals surface area contributed by atoms with Gasteiger partial charge in [0.25, 0.3) is 0 Å².